The van der Waals surface area contributed by atoms with E-state index in [1.807, 2.05) is 37.3 Å². The summed E-state index contributed by atoms with van der Waals surface area (Å²) >= 11 is 0. The molecule has 3 heterocycles. The summed E-state index contributed by atoms with van der Waals surface area (Å²) in [6.07, 6.45) is 1.50. The number of anilines is 4. The molecule has 154 valence electrons. The van der Waals surface area contributed by atoms with Gasteiger partial charge in [0.2, 0.25) is 11.9 Å². The molecular formula is C21H24N8O. The van der Waals surface area contributed by atoms with Gasteiger partial charge in [-0.25, -0.2) is 15.0 Å². The monoisotopic (exact) mass is 404 g/mol. The van der Waals surface area contributed by atoms with Crippen molar-refractivity contribution in [2.45, 2.75) is 6.92 Å². The molecule has 1 aromatic carbocycles. The number of aromatic nitrogens is 4. The van der Waals surface area contributed by atoms with Crippen LogP contribution in [0.4, 0.5) is 23.4 Å². The van der Waals surface area contributed by atoms with Crippen LogP contribution >= 0.6 is 0 Å². The van der Waals surface area contributed by atoms with Crippen molar-refractivity contribution < 1.29 is 4.79 Å². The summed E-state index contributed by atoms with van der Waals surface area (Å²) in [5.74, 6) is 1.93. The second kappa shape index (κ2) is 8.73. The molecule has 0 radical (unpaired) electrons. The van der Waals surface area contributed by atoms with Gasteiger partial charge in [0.05, 0.1) is 0 Å². The van der Waals surface area contributed by atoms with Gasteiger partial charge in [0.15, 0.2) is 0 Å². The van der Waals surface area contributed by atoms with Gasteiger partial charge in [0.25, 0.3) is 5.91 Å². The average Bonchev–Trinajstić information content (AvgIpc) is 2.79. The van der Waals surface area contributed by atoms with Crippen LogP contribution in [0.25, 0.3) is 0 Å². The minimum Gasteiger partial charge on any atom is -0.355 e. The predicted octanol–water partition coefficient (Wildman–Crippen LogP) is 2.00. The highest BCUT2D eigenvalue weighted by molar-refractivity contribution is 5.95. The lowest BCUT2D eigenvalue weighted by molar-refractivity contribution is 0.0963. The normalized spacial score (nSPS) is 13.8. The molecule has 30 heavy (non-hydrogen) atoms. The predicted molar refractivity (Wildman–Crippen MR) is 116 cm³/mol. The summed E-state index contributed by atoms with van der Waals surface area (Å²) in [7, 11) is 1.61. The van der Waals surface area contributed by atoms with Gasteiger partial charge in [-0.1, -0.05) is 12.1 Å². The summed E-state index contributed by atoms with van der Waals surface area (Å²) in [6.45, 7) is 5.29. The third-order valence-corrected chi connectivity index (χ3v) is 4.93. The van der Waals surface area contributed by atoms with E-state index in [9.17, 15) is 4.79 Å². The van der Waals surface area contributed by atoms with Crippen molar-refractivity contribution in [2.24, 2.45) is 0 Å². The smallest absolute Gasteiger partial charge is 0.251 e. The fourth-order valence-corrected chi connectivity index (χ4v) is 3.35. The topological polar surface area (TPSA) is 99.2 Å². The second-order valence-electron chi connectivity index (χ2n) is 7.01. The Labute approximate surface area is 175 Å². The quantitative estimate of drug-likeness (QED) is 0.666. The van der Waals surface area contributed by atoms with Crippen LogP contribution in [-0.2, 0) is 0 Å². The minimum absolute atomic E-state index is 0.143. The molecular weight excluding hydrogens is 380 g/mol. The number of carbonyl (C=O) groups is 1. The Morgan fingerprint density at radius 2 is 1.73 bits per heavy atom. The van der Waals surface area contributed by atoms with E-state index >= 15 is 0 Å². The van der Waals surface area contributed by atoms with E-state index in [4.69, 9.17) is 0 Å². The molecule has 2 aromatic heterocycles. The lowest BCUT2D eigenvalue weighted by Crippen LogP contribution is -2.47. The molecule has 1 aliphatic rings. The fraction of sp³-hybridized carbons (Fsp3) is 0.286. The standard InChI is InChI=1S/C21H24N8O/c1-15-5-3-8-18(25-15)28-9-11-29(12-10-28)21-24-14-23-20(27-21)26-17-7-4-6-16(13-17)19(30)22-2/h3-8,13-14H,9-12H2,1-2H3,(H,22,30)(H,23,24,26,27). The van der Waals surface area contributed by atoms with E-state index in [0.29, 0.717) is 17.5 Å². The number of aryl methyl sites for hydroxylation is 1. The fourth-order valence-electron chi connectivity index (χ4n) is 3.35. The first-order valence-electron chi connectivity index (χ1n) is 9.84. The molecule has 9 heteroatoms. The molecule has 1 fully saturated rings. The number of hydrogen-bond donors (Lipinski definition) is 2. The summed E-state index contributed by atoms with van der Waals surface area (Å²) in [4.78, 5) is 34.0. The Morgan fingerprint density at radius 3 is 2.50 bits per heavy atom. The van der Waals surface area contributed by atoms with Crippen LogP contribution < -0.4 is 20.4 Å². The molecule has 0 spiro atoms. The summed E-state index contributed by atoms with van der Waals surface area (Å²) < 4.78 is 0. The zero-order valence-electron chi connectivity index (χ0n) is 17.0. The molecule has 1 aliphatic heterocycles. The van der Waals surface area contributed by atoms with Gasteiger partial charge in [0, 0.05) is 50.2 Å². The van der Waals surface area contributed by atoms with E-state index in [1.165, 1.54) is 6.33 Å². The number of carbonyl (C=O) groups excluding carboxylic acids is 1. The molecule has 0 atom stereocenters. The molecule has 1 amide bonds. The SMILES string of the molecule is CNC(=O)c1cccc(Nc2ncnc(N3CCN(c4cccc(C)n4)CC3)n2)c1. The summed E-state index contributed by atoms with van der Waals surface area (Å²) in [5, 5.41) is 5.77. The van der Waals surface area contributed by atoms with Gasteiger partial charge in [0.1, 0.15) is 12.1 Å². The van der Waals surface area contributed by atoms with E-state index < -0.39 is 0 Å². The average molecular weight is 404 g/mol. The number of piperazine rings is 1. The molecule has 0 aliphatic carbocycles. The van der Waals surface area contributed by atoms with Crippen molar-refractivity contribution in [2.75, 3.05) is 48.3 Å². The molecule has 4 rings (SSSR count). The summed E-state index contributed by atoms with van der Waals surface area (Å²) in [6, 6.07) is 13.3. The van der Waals surface area contributed by atoms with E-state index in [-0.39, 0.29) is 5.91 Å². The number of hydrogen-bond acceptors (Lipinski definition) is 8. The van der Waals surface area contributed by atoms with Gasteiger partial charge in [-0.05, 0) is 37.3 Å². The maximum Gasteiger partial charge on any atom is 0.251 e. The van der Waals surface area contributed by atoms with E-state index in [1.54, 1.807) is 19.2 Å². The van der Waals surface area contributed by atoms with Crippen molar-refractivity contribution in [3.63, 3.8) is 0 Å². The Balaban J connectivity index is 1.42. The highest BCUT2D eigenvalue weighted by Crippen LogP contribution is 2.19. The Morgan fingerprint density at radius 1 is 0.967 bits per heavy atom. The van der Waals surface area contributed by atoms with Crippen molar-refractivity contribution in [3.8, 4) is 0 Å². The molecule has 2 N–H and O–H groups in total. The van der Waals surface area contributed by atoms with Gasteiger partial charge < -0.3 is 20.4 Å². The van der Waals surface area contributed by atoms with Crippen LogP contribution in [-0.4, -0.2) is 59.1 Å². The van der Waals surface area contributed by atoms with Gasteiger partial charge in [-0.3, -0.25) is 4.79 Å². The Hall–Kier alpha value is -3.75. The lowest BCUT2D eigenvalue weighted by Gasteiger charge is -2.35. The maximum atomic E-state index is 11.8. The zero-order chi connectivity index (χ0) is 20.9. The number of nitrogens with zero attached hydrogens (tertiary/aromatic N) is 6. The second-order valence-corrected chi connectivity index (χ2v) is 7.01. The molecule has 0 saturated carbocycles. The largest absolute Gasteiger partial charge is 0.355 e. The number of benzene rings is 1. The van der Waals surface area contributed by atoms with E-state index in [2.05, 4.69) is 40.4 Å². The van der Waals surface area contributed by atoms with Gasteiger partial charge in [-0.2, -0.15) is 4.98 Å². The molecule has 9 nitrogen and oxygen atoms in total. The first-order valence-corrected chi connectivity index (χ1v) is 9.84. The van der Waals surface area contributed by atoms with Crippen molar-refractivity contribution in [3.05, 3.63) is 60.0 Å². The van der Waals surface area contributed by atoms with Gasteiger partial charge >= 0.3 is 0 Å². The first-order chi connectivity index (χ1) is 14.6. The van der Waals surface area contributed by atoms with Crippen LogP contribution in [0.2, 0.25) is 0 Å². The lowest BCUT2D eigenvalue weighted by atomic mass is 10.2. The van der Waals surface area contributed by atoms with Crippen molar-refractivity contribution >= 4 is 29.3 Å². The molecule has 0 unspecified atom stereocenters. The van der Waals surface area contributed by atoms with Crippen LogP contribution in [0.15, 0.2) is 48.8 Å². The van der Waals surface area contributed by atoms with Crippen LogP contribution in [0.1, 0.15) is 16.1 Å². The van der Waals surface area contributed by atoms with Crippen molar-refractivity contribution in [1.29, 1.82) is 0 Å². The number of pyridine rings is 1. The number of amides is 1. The third kappa shape index (κ3) is 4.45. The minimum atomic E-state index is -0.143. The van der Waals surface area contributed by atoms with Crippen molar-refractivity contribution in [1.82, 2.24) is 25.3 Å². The number of rotatable bonds is 5. The summed E-state index contributed by atoms with van der Waals surface area (Å²) in [5.41, 5.74) is 2.32. The van der Waals surface area contributed by atoms with Crippen LogP contribution in [0, 0.1) is 6.92 Å². The molecule has 3 aromatic rings. The third-order valence-electron chi connectivity index (χ3n) is 4.93. The maximum absolute atomic E-state index is 11.8. The first kappa shape index (κ1) is 19.6. The molecule has 1 saturated heterocycles. The van der Waals surface area contributed by atoms with Crippen LogP contribution in [0.3, 0.4) is 0 Å². The highest BCUT2D eigenvalue weighted by atomic mass is 16.1. The molecule has 0 bridgehead atoms. The highest BCUT2D eigenvalue weighted by Gasteiger charge is 2.20. The Kier molecular flexibility index (Phi) is 5.69. The Bertz CT molecular complexity index is 1030. The van der Waals surface area contributed by atoms with E-state index in [0.717, 1.165) is 43.4 Å². The van der Waals surface area contributed by atoms with Crippen LogP contribution in [0.5, 0.6) is 0 Å². The number of nitrogens with one attached hydrogen (secondary N) is 2. The zero-order valence-corrected chi connectivity index (χ0v) is 17.0. The van der Waals surface area contributed by atoms with Gasteiger partial charge in [-0.15, -0.1) is 0 Å².